The summed E-state index contributed by atoms with van der Waals surface area (Å²) >= 11 is 0. The number of halogens is 1. The van der Waals surface area contributed by atoms with E-state index in [1.165, 1.54) is 14.2 Å². The number of ether oxygens (including phenoxy) is 1. The molecule has 9 nitrogen and oxygen atoms in total. The second-order valence-corrected chi connectivity index (χ2v) is 4.71. The lowest BCUT2D eigenvalue weighted by atomic mass is 10.2. The number of benzene rings is 1. The standard InChI is InChI=1S/C14H14FN5O4/c1-19(14(23)24-2)18-17-10-5-3-9(4-6-10)7-20-8-11(15)12(21)16-13(20)22/h3-6,8H,7H2,1-2H3,(H,16,21,22)/b18-17+. The molecule has 1 N–H and O–H groups in total. The van der Waals surface area contributed by atoms with Gasteiger partial charge in [-0.05, 0) is 17.7 Å². The van der Waals surface area contributed by atoms with Gasteiger partial charge in [-0.25, -0.2) is 9.59 Å². The average Bonchev–Trinajstić information content (AvgIpc) is 2.58. The van der Waals surface area contributed by atoms with Gasteiger partial charge in [-0.1, -0.05) is 17.4 Å². The van der Waals surface area contributed by atoms with Crippen molar-refractivity contribution >= 4 is 11.8 Å². The first kappa shape index (κ1) is 17.1. The van der Waals surface area contributed by atoms with Gasteiger partial charge < -0.3 is 4.74 Å². The van der Waals surface area contributed by atoms with Gasteiger partial charge in [0.1, 0.15) is 0 Å². The summed E-state index contributed by atoms with van der Waals surface area (Å²) < 4.78 is 18.7. The third-order valence-electron chi connectivity index (χ3n) is 2.99. The largest absolute Gasteiger partial charge is 0.451 e. The van der Waals surface area contributed by atoms with Crippen molar-refractivity contribution in [2.24, 2.45) is 10.3 Å². The van der Waals surface area contributed by atoms with Crippen LogP contribution in [0.15, 0.2) is 50.4 Å². The molecule has 126 valence electrons. The summed E-state index contributed by atoms with van der Waals surface area (Å²) in [5, 5.41) is 8.42. The monoisotopic (exact) mass is 335 g/mol. The lowest BCUT2D eigenvalue weighted by molar-refractivity contribution is 0.132. The van der Waals surface area contributed by atoms with Crippen molar-refractivity contribution in [2.45, 2.75) is 6.54 Å². The number of aromatic amines is 1. The van der Waals surface area contributed by atoms with Crippen molar-refractivity contribution in [1.29, 1.82) is 0 Å². The molecular weight excluding hydrogens is 321 g/mol. The van der Waals surface area contributed by atoms with Gasteiger partial charge in [0.2, 0.25) is 5.82 Å². The molecule has 0 fully saturated rings. The van der Waals surface area contributed by atoms with Crippen molar-refractivity contribution in [3.63, 3.8) is 0 Å². The van der Waals surface area contributed by atoms with Crippen molar-refractivity contribution in [1.82, 2.24) is 14.6 Å². The quantitative estimate of drug-likeness (QED) is 0.673. The minimum Gasteiger partial charge on any atom is -0.451 e. The molecule has 2 rings (SSSR count). The first-order chi connectivity index (χ1) is 11.4. The van der Waals surface area contributed by atoms with Crippen LogP contribution in [-0.2, 0) is 11.3 Å². The maximum Gasteiger partial charge on any atom is 0.431 e. The third-order valence-corrected chi connectivity index (χ3v) is 2.99. The number of carbonyl (C=O) groups is 1. The molecule has 1 aromatic carbocycles. The van der Waals surface area contributed by atoms with Crippen LogP contribution in [0.5, 0.6) is 0 Å². The number of methoxy groups -OCH3 is 1. The molecular formula is C14H14FN5O4. The van der Waals surface area contributed by atoms with E-state index in [-0.39, 0.29) is 6.54 Å². The van der Waals surface area contributed by atoms with Crippen LogP contribution in [0, 0.1) is 5.82 Å². The first-order valence-electron chi connectivity index (χ1n) is 6.72. The maximum atomic E-state index is 13.2. The van der Waals surface area contributed by atoms with Gasteiger partial charge in [0.15, 0.2) is 0 Å². The Kier molecular flexibility index (Phi) is 5.20. The fourth-order valence-corrected chi connectivity index (χ4v) is 1.75. The van der Waals surface area contributed by atoms with Gasteiger partial charge in [-0.2, -0.15) is 9.40 Å². The molecule has 0 atom stereocenters. The van der Waals surface area contributed by atoms with E-state index >= 15 is 0 Å². The van der Waals surface area contributed by atoms with E-state index in [1.807, 2.05) is 4.98 Å². The second-order valence-electron chi connectivity index (χ2n) is 4.71. The molecule has 0 bridgehead atoms. The average molecular weight is 335 g/mol. The molecule has 1 heterocycles. The van der Waals surface area contributed by atoms with Gasteiger partial charge in [0.25, 0.3) is 5.56 Å². The van der Waals surface area contributed by atoms with Crippen LogP contribution < -0.4 is 11.2 Å². The second kappa shape index (κ2) is 7.31. The number of nitrogens with zero attached hydrogens (tertiary/aromatic N) is 4. The fraction of sp³-hybridized carbons (Fsp3) is 0.214. The Morgan fingerprint density at radius 3 is 2.62 bits per heavy atom. The Morgan fingerprint density at radius 2 is 2.00 bits per heavy atom. The maximum absolute atomic E-state index is 13.2. The van der Waals surface area contributed by atoms with E-state index in [4.69, 9.17) is 0 Å². The van der Waals surface area contributed by atoms with Crippen molar-refractivity contribution < 1.29 is 13.9 Å². The molecule has 1 aromatic heterocycles. The number of carbonyl (C=O) groups excluding carboxylic acids is 1. The molecule has 2 aromatic rings. The van der Waals surface area contributed by atoms with Crippen LogP contribution in [-0.4, -0.2) is 34.8 Å². The highest BCUT2D eigenvalue weighted by molar-refractivity contribution is 5.66. The first-order valence-corrected chi connectivity index (χ1v) is 6.72. The molecule has 24 heavy (non-hydrogen) atoms. The highest BCUT2D eigenvalue weighted by Crippen LogP contribution is 2.14. The zero-order valence-corrected chi connectivity index (χ0v) is 12.9. The Hall–Kier alpha value is -3.30. The molecule has 0 aliphatic rings. The van der Waals surface area contributed by atoms with Crippen molar-refractivity contribution in [2.75, 3.05) is 14.2 Å². The Labute approximate surface area is 135 Å². The summed E-state index contributed by atoms with van der Waals surface area (Å²) in [6, 6.07) is 6.53. The predicted octanol–water partition coefficient (Wildman–Crippen LogP) is 1.42. The molecule has 0 saturated carbocycles. The van der Waals surface area contributed by atoms with Gasteiger partial charge in [0, 0.05) is 7.05 Å². The Balaban J connectivity index is 2.11. The van der Waals surface area contributed by atoms with E-state index in [0.717, 1.165) is 15.8 Å². The summed E-state index contributed by atoms with van der Waals surface area (Å²) in [4.78, 5) is 35.6. The molecule has 0 radical (unpaired) electrons. The summed E-state index contributed by atoms with van der Waals surface area (Å²) in [5.41, 5.74) is -0.607. The van der Waals surface area contributed by atoms with Gasteiger partial charge in [-0.3, -0.25) is 14.3 Å². The smallest absolute Gasteiger partial charge is 0.431 e. The molecule has 0 saturated heterocycles. The van der Waals surface area contributed by atoms with E-state index < -0.39 is 23.2 Å². The number of H-pyrrole nitrogens is 1. The molecule has 0 aliphatic carbocycles. The van der Waals surface area contributed by atoms with E-state index in [0.29, 0.717) is 11.3 Å². The lowest BCUT2D eigenvalue weighted by Gasteiger charge is -2.07. The minimum atomic E-state index is -1.05. The van der Waals surface area contributed by atoms with Crippen LogP contribution >= 0.6 is 0 Å². The number of aromatic nitrogens is 2. The molecule has 1 amide bonds. The molecule has 0 unspecified atom stereocenters. The van der Waals surface area contributed by atoms with Crippen LogP contribution in [0.2, 0.25) is 0 Å². The van der Waals surface area contributed by atoms with Crippen LogP contribution in [0.1, 0.15) is 5.56 Å². The van der Waals surface area contributed by atoms with E-state index in [2.05, 4.69) is 15.1 Å². The highest BCUT2D eigenvalue weighted by Gasteiger charge is 2.06. The van der Waals surface area contributed by atoms with Crippen molar-refractivity contribution in [3.8, 4) is 0 Å². The fourth-order valence-electron chi connectivity index (χ4n) is 1.75. The summed E-state index contributed by atoms with van der Waals surface area (Å²) in [7, 11) is 2.62. The summed E-state index contributed by atoms with van der Waals surface area (Å²) in [6.07, 6.45) is 0.190. The van der Waals surface area contributed by atoms with Crippen LogP contribution in [0.3, 0.4) is 0 Å². The molecule has 0 spiro atoms. The SMILES string of the molecule is COC(=O)N(C)/N=N/c1ccc(Cn2cc(F)c(=O)[nH]c2=O)cc1. The van der Waals surface area contributed by atoms with Crippen molar-refractivity contribution in [3.05, 3.63) is 62.7 Å². The van der Waals surface area contributed by atoms with Gasteiger partial charge >= 0.3 is 11.8 Å². The highest BCUT2D eigenvalue weighted by atomic mass is 19.1. The van der Waals surface area contributed by atoms with Crippen LogP contribution in [0.25, 0.3) is 0 Å². The zero-order valence-electron chi connectivity index (χ0n) is 12.9. The zero-order chi connectivity index (χ0) is 17.7. The third kappa shape index (κ3) is 4.12. The topological polar surface area (TPSA) is 109 Å². The Morgan fingerprint density at radius 1 is 1.33 bits per heavy atom. The number of nitrogens with one attached hydrogen (secondary N) is 1. The van der Waals surface area contributed by atoms with Gasteiger partial charge in [0.05, 0.1) is 25.5 Å². The molecule has 0 aliphatic heterocycles. The Bertz CT molecular complexity index is 872. The van der Waals surface area contributed by atoms with E-state index in [1.54, 1.807) is 24.3 Å². The number of amides is 1. The number of rotatable bonds is 4. The van der Waals surface area contributed by atoms with Gasteiger partial charge in [-0.15, -0.1) is 5.11 Å². The number of hydrogen-bond acceptors (Lipinski definition) is 6. The van der Waals surface area contributed by atoms with Crippen LogP contribution in [0.4, 0.5) is 14.9 Å². The minimum absolute atomic E-state index is 0.0754. The lowest BCUT2D eigenvalue weighted by Crippen LogP contribution is -2.31. The normalized spacial score (nSPS) is 10.8. The summed E-state index contributed by atoms with van der Waals surface area (Å²) in [6.45, 7) is 0.0754. The predicted molar refractivity (Wildman–Crippen MR) is 81.5 cm³/mol. The summed E-state index contributed by atoms with van der Waals surface area (Å²) in [5.74, 6) is -1.04. The molecule has 10 heteroatoms. The van der Waals surface area contributed by atoms with E-state index in [9.17, 15) is 18.8 Å². The number of hydrogen-bond donors (Lipinski definition) is 1.